The zero-order valence-corrected chi connectivity index (χ0v) is 20.9. The van der Waals surface area contributed by atoms with Crippen LogP contribution in [0.1, 0.15) is 0 Å². The Kier molecular flexibility index (Phi) is 7.85. The summed E-state index contributed by atoms with van der Waals surface area (Å²) in [6, 6.07) is 5.28. The lowest BCUT2D eigenvalue weighted by molar-refractivity contribution is -0.277. The molecule has 2 aromatic carbocycles. The first-order chi connectivity index (χ1) is 18.2. The molecule has 1 aliphatic rings. The minimum atomic E-state index is -1.73. The lowest BCUT2D eigenvalue weighted by Crippen LogP contribution is -2.60. The smallest absolute Gasteiger partial charge is 0.229 e. The van der Waals surface area contributed by atoms with Gasteiger partial charge in [0.2, 0.25) is 17.8 Å². The van der Waals surface area contributed by atoms with Gasteiger partial charge < -0.3 is 58.4 Å². The largest absolute Gasteiger partial charge is 0.504 e. The number of hydrogen-bond acceptors (Lipinski definition) is 13. The summed E-state index contributed by atoms with van der Waals surface area (Å²) < 4.78 is 38.7. The molecule has 5 atom stereocenters. The average Bonchev–Trinajstić information content (AvgIpc) is 2.92. The van der Waals surface area contributed by atoms with E-state index in [9.17, 15) is 30.3 Å². The minimum absolute atomic E-state index is 0.0250. The molecule has 2 heterocycles. The normalized spacial score (nSPS) is 23.2. The quantitative estimate of drug-likeness (QED) is 0.266. The van der Waals surface area contributed by atoms with Crippen molar-refractivity contribution in [2.75, 3.05) is 35.0 Å². The standard InChI is InChI=1S/C25H28O13/c1-32-15-8-14(37-25-20(31)19(30)18(29)16(9-26)38-25)17-12(28)7-13(36-24(17)23(15)35-4)10-5-6-11(27)22(34-3)21(10)33-2/h5-8,16,18-20,25-27,29-31H,9H2,1-4H3. The van der Waals surface area contributed by atoms with Gasteiger partial charge in [-0.1, -0.05) is 0 Å². The van der Waals surface area contributed by atoms with E-state index in [4.69, 9.17) is 32.8 Å². The maximum Gasteiger partial charge on any atom is 0.229 e. The topological polar surface area (TPSA) is 187 Å². The van der Waals surface area contributed by atoms with Crippen LogP contribution in [-0.4, -0.2) is 91.3 Å². The van der Waals surface area contributed by atoms with Gasteiger partial charge in [-0.25, -0.2) is 0 Å². The van der Waals surface area contributed by atoms with Crippen LogP contribution < -0.4 is 29.1 Å². The molecular weight excluding hydrogens is 508 g/mol. The van der Waals surface area contributed by atoms with Gasteiger partial charge >= 0.3 is 0 Å². The molecule has 206 valence electrons. The number of aliphatic hydroxyl groups excluding tert-OH is 4. The van der Waals surface area contributed by atoms with E-state index in [2.05, 4.69) is 0 Å². The van der Waals surface area contributed by atoms with Crippen molar-refractivity contribution in [2.45, 2.75) is 30.7 Å². The molecule has 5 N–H and O–H groups in total. The average molecular weight is 536 g/mol. The predicted octanol–water partition coefficient (Wildman–Crippen LogP) is 0.379. The van der Waals surface area contributed by atoms with E-state index >= 15 is 0 Å². The fourth-order valence-corrected chi connectivity index (χ4v) is 4.26. The number of rotatable bonds is 8. The molecule has 3 aromatic rings. The molecule has 0 amide bonds. The zero-order chi connectivity index (χ0) is 27.7. The Morgan fingerprint density at radius 3 is 2.13 bits per heavy atom. The number of methoxy groups -OCH3 is 4. The summed E-state index contributed by atoms with van der Waals surface area (Å²) in [5.74, 6) is -0.0414. The highest BCUT2D eigenvalue weighted by atomic mass is 16.7. The third-order valence-electron chi connectivity index (χ3n) is 6.17. The molecule has 1 fully saturated rings. The number of phenolic OH excluding ortho intramolecular Hbond substituents is 1. The second-order valence-corrected chi connectivity index (χ2v) is 8.30. The molecule has 0 aliphatic carbocycles. The maximum absolute atomic E-state index is 13.5. The molecule has 4 rings (SSSR count). The Morgan fingerprint density at radius 1 is 0.842 bits per heavy atom. The molecule has 0 bridgehead atoms. The number of hydrogen-bond donors (Lipinski definition) is 5. The molecule has 1 saturated heterocycles. The molecule has 0 spiro atoms. The molecule has 5 unspecified atom stereocenters. The van der Waals surface area contributed by atoms with Crippen molar-refractivity contribution in [1.82, 2.24) is 0 Å². The molecule has 38 heavy (non-hydrogen) atoms. The van der Waals surface area contributed by atoms with Gasteiger partial charge in [0, 0.05) is 12.1 Å². The first kappa shape index (κ1) is 27.3. The molecule has 0 radical (unpaired) electrons. The third kappa shape index (κ3) is 4.54. The Labute approximate surface area is 215 Å². The van der Waals surface area contributed by atoms with E-state index in [1.807, 2.05) is 0 Å². The van der Waals surface area contributed by atoms with Crippen LogP contribution in [0.5, 0.6) is 34.5 Å². The molecule has 1 aromatic heterocycles. The number of phenols is 1. The van der Waals surface area contributed by atoms with E-state index in [0.29, 0.717) is 0 Å². The first-order valence-corrected chi connectivity index (χ1v) is 11.3. The third-order valence-corrected chi connectivity index (χ3v) is 6.17. The summed E-state index contributed by atoms with van der Waals surface area (Å²) in [4.78, 5) is 13.5. The maximum atomic E-state index is 13.5. The van der Waals surface area contributed by atoms with Gasteiger partial charge in [-0.15, -0.1) is 0 Å². The fourth-order valence-electron chi connectivity index (χ4n) is 4.26. The second-order valence-electron chi connectivity index (χ2n) is 8.30. The SMILES string of the molecule is COc1cc(OC2OC(CO)C(O)C(O)C2O)c2c(=O)cc(-c3ccc(O)c(OC)c3OC)oc2c1OC. The van der Waals surface area contributed by atoms with Crippen molar-refractivity contribution in [3.8, 4) is 45.8 Å². The van der Waals surface area contributed by atoms with E-state index in [1.54, 1.807) is 0 Å². The van der Waals surface area contributed by atoms with Gasteiger partial charge in [-0.05, 0) is 12.1 Å². The van der Waals surface area contributed by atoms with E-state index < -0.39 is 42.7 Å². The van der Waals surface area contributed by atoms with E-state index in [-0.39, 0.29) is 56.8 Å². The Bertz CT molecular complexity index is 1370. The van der Waals surface area contributed by atoms with Crippen molar-refractivity contribution >= 4 is 11.0 Å². The van der Waals surface area contributed by atoms with Crippen LogP contribution in [0.3, 0.4) is 0 Å². The zero-order valence-electron chi connectivity index (χ0n) is 20.9. The summed E-state index contributed by atoms with van der Waals surface area (Å²) in [6.07, 6.45) is -7.83. The van der Waals surface area contributed by atoms with Crippen LogP contribution in [0.25, 0.3) is 22.3 Å². The lowest BCUT2D eigenvalue weighted by atomic mass is 9.99. The van der Waals surface area contributed by atoms with Gasteiger partial charge in [0.05, 0.1) is 40.6 Å². The molecule has 13 heteroatoms. The van der Waals surface area contributed by atoms with Crippen molar-refractivity contribution < 1.29 is 58.4 Å². The lowest BCUT2D eigenvalue weighted by Gasteiger charge is -2.39. The fraction of sp³-hybridized carbons (Fsp3) is 0.400. The number of benzene rings is 2. The Balaban J connectivity index is 1.91. The van der Waals surface area contributed by atoms with Gasteiger partial charge in [0.15, 0.2) is 28.3 Å². The van der Waals surface area contributed by atoms with E-state index in [0.717, 1.165) is 6.07 Å². The highest BCUT2D eigenvalue weighted by molar-refractivity contribution is 5.92. The second kappa shape index (κ2) is 10.9. The summed E-state index contributed by atoms with van der Waals surface area (Å²) >= 11 is 0. The first-order valence-electron chi connectivity index (χ1n) is 11.3. The molecule has 0 saturated carbocycles. The van der Waals surface area contributed by atoms with Crippen molar-refractivity contribution in [3.05, 3.63) is 34.5 Å². The molecule has 1 aliphatic heterocycles. The monoisotopic (exact) mass is 536 g/mol. The number of aliphatic hydroxyl groups is 4. The van der Waals surface area contributed by atoms with E-state index in [1.165, 1.54) is 46.6 Å². The van der Waals surface area contributed by atoms with Crippen LogP contribution in [-0.2, 0) is 4.74 Å². The Morgan fingerprint density at radius 2 is 1.53 bits per heavy atom. The van der Waals surface area contributed by atoms with Crippen molar-refractivity contribution in [1.29, 1.82) is 0 Å². The minimum Gasteiger partial charge on any atom is -0.504 e. The Hall–Kier alpha value is -3.75. The van der Waals surface area contributed by atoms with Gasteiger partial charge in [0.1, 0.15) is 41.3 Å². The predicted molar refractivity (Wildman–Crippen MR) is 130 cm³/mol. The van der Waals surface area contributed by atoms with Crippen LogP contribution in [0.4, 0.5) is 0 Å². The summed E-state index contributed by atoms with van der Waals surface area (Å²) in [7, 11) is 5.38. The van der Waals surface area contributed by atoms with Crippen LogP contribution in [0.15, 0.2) is 33.5 Å². The van der Waals surface area contributed by atoms with Crippen LogP contribution in [0.2, 0.25) is 0 Å². The summed E-state index contributed by atoms with van der Waals surface area (Å²) in [5.41, 5.74) is -0.415. The highest BCUT2D eigenvalue weighted by Crippen LogP contribution is 2.46. The molecule has 13 nitrogen and oxygen atoms in total. The van der Waals surface area contributed by atoms with Crippen LogP contribution in [0, 0.1) is 0 Å². The van der Waals surface area contributed by atoms with Gasteiger partial charge in [0.25, 0.3) is 0 Å². The van der Waals surface area contributed by atoms with Gasteiger partial charge in [-0.3, -0.25) is 4.79 Å². The molecular formula is C25H28O13. The van der Waals surface area contributed by atoms with Crippen LogP contribution >= 0.6 is 0 Å². The van der Waals surface area contributed by atoms with Gasteiger partial charge in [-0.2, -0.15) is 0 Å². The summed E-state index contributed by atoms with van der Waals surface area (Å²) in [6.45, 7) is -0.666. The highest BCUT2D eigenvalue weighted by Gasteiger charge is 2.45. The van der Waals surface area contributed by atoms with Crippen molar-refractivity contribution in [2.24, 2.45) is 0 Å². The van der Waals surface area contributed by atoms with Crippen molar-refractivity contribution in [3.63, 3.8) is 0 Å². The summed E-state index contributed by atoms with van der Waals surface area (Å²) in [5, 5.41) is 50.1. The number of fused-ring (bicyclic) bond motifs is 1. The number of ether oxygens (including phenoxy) is 6. The number of aromatic hydroxyl groups is 1.